The summed E-state index contributed by atoms with van der Waals surface area (Å²) in [5, 5.41) is 10.8. The lowest BCUT2D eigenvalue weighted by atomic mass is 9.79. The number of nitrogens with zero attached hydrogens (tertiary/aromatic N) is 1. The maximum absolute atomic E-state index is 15.3. The van der Waals surface area contributed by atoms with E-state index in [9.17, 15) is 32.7 Å². The number of ether oxygens (including phenoxy) is 4. The topological polar surface area (TPSA) is 112 Å². The van der Waals surface area contributed by atoms with Crippen LogP contribution in [0.25, 0.3) is 6.08 Å². The monoisotopic (exact) mass is 643 g/mol. The second-order valence-electron chi connectivity index (χ2n) is 9.87. The third kappa shape index (κ3) is 6.01. The molecule has 0 aromatic heterocycles. The Morgan fingerprint density at radius 1 is 0.911 bits per heavy atom. The molecular weight excluding hydrogens is 616 g/mol. The number of fused-ring (bicyclic) bond motifs is 3. The SMILES string of the molecule is CCOC(=O)[C@@]1(C(F)(F)F)O[C@@H]2c3ccccc3C=CN2C(C(=O)OCc2ccccc2)=C1C[C@@](O)(C(=O)OCC)C(F)(F)F. The second kappa shape index (κ2) is 12.6. The van der Waals surface area contributed by atoms with Gasteiger partial charge in [0.15, 0.2) is 6.23 Å². The molecule has 45 heavy (non-hydrogen) atoms. The Bertz CT molecular complexity index is 1510. The van der Waals surface area contributed by atoms with Crippen LogP contribution in [0.3, 0.4) is 0 Å². The third-order valence-corrected chi connectivity index (χ3v) is 7.07. The molecule has 0 bridgehead atoms. The quantitative estimate of drug-likeness (QED) is 0.227. The Kier molecular flexibility index (Phi) is 9.35. The van der Waals surface area contributed by atoms with Gasteiger partial charge in [-0.3, -0.25) is 0 Å². The Hall–Kier alpha value is -4.37. The number of rotatable bonds is 9. The van der Waals surface area contributed by atoms with Gasteiger partial charge in [-0.1, -0.05) is 54.6 Å². The Morgan fingerprint density at radius 2 is 1.53 bits per heavy atom. The van der Waals surface area contributed by atoms with E-state index in [2.05, 4.69) is 9.47 Å². The average Bonchev–Trinajstić information content (AvgIpc) is 2.98. The van der Waals surface area contributed by atoms with E-state index in [1.54, 1.807) is 24.3 Å². The van der Waals surface area contributed by atoms with Crippen molar-refractivity contribution in [3.8, 4) is 0 Å². The predicted molar refractivity (Wildman–Crippen MR) is 142 cm³/mol. The molecule has 2 heterocycles. The van der Waals surface area contributed by atoms with E-state index < -0.39 is 85.2 Å². The van der Waals surface area contributed by atoms with Gasteiger partial charge in [0.1, 0.15) is 12.3 Å². The number of alkyl halides is 6. The lowest BCUT2D eigenvalue weighted by Crippen LogP contribution is -2.64. The fraction of sp³-hybridized carbons (Fsp3) is 0.367. The molecule has 2 aliphatic rings. The number of benzene rings is 2. The summed E-state index contributed by atoms with van der Waals surface area (Å²) in [6.45, 7) is 0.306. The number of esters is 3. The molecule has 0 aliphatic carbocycles. The molecule has 0 saturated carbocycles. The number of carbonyl (C=O) groups is 3. The van der Waals surface area contributed by atoms with Crippen molar-refractivity contribution in [2.45, 2.75) is 56.7 Å². The Morgan fingerprint density at radius 3 is 2.13 bits per heavy atom. The van der Waals surface area contributed by atoms with Crippen molar-refractivity contribution in [3.05, 3.63) is 88.8 Å². The summed E-state index contributed by atoms with van der Waals surface area (Å²) >= 11 is 0. The maximum atomic E-state index is 15.3. The molecule has 2 aliphatic heterocycles. The lowest BCUT2D eigenvalue weighted by Gasteiger charge is -2.49. The summed E-state index contributed by atoms with van der Waals surface area (Å²) in [4.78, 5) is 40.5. The molecule has 0 amide bonds. The van der Waals surface area contributed by atoms with Crippen LogP contribution in [0.5, 0.6) is 0 Å². The van der Waals surface area contributed by atoms with Gasteiger partial charge in [0.2, 0.25) is 0 Å². The third-order valence-electron chi connectivity index (χ3n) is 7.07. The van der Waals surface area contributed by atoms with Crippen molar-refractivity contribution < 1.29 is 64.8 Å². The molecule has 15 heteroatoms. The first-order valence-corrected chi connectivity index (χ1v) is 13.5. The van der Waals surface area contributed by atoms with Crippen LogP contribution in [0.4, 0.5) is 26.3 Å². The van der Waals surface area contributed by atoms with E-state index in [-0.39, 0.29) is 5.56 Å². The molecule has 3 atom stereocenters. The second-order valence-corrected chi connectivity index (χ2v) is 9.87. The normalized spacial score (nSPS) is 20.9. The van der Waals surface area contributed by atoms with Crippen molar-refractivity contribution in [2.24, 2.45) is 0 Å². The molecule has 0 fully saturated rings. The Labute approximate surface area is 252 Å². The van der Waals surface area contributed by atoms with Gasteiger partial charge in [-0.25, -0.2) is 14.4 Å². The molecule has 0 unspecified atom stereocenters. The highest BCUT2D eigenvalue weighted by Crippen LogP contribution is 2.55. The fourth-order valence-electron chi connectivity index (χ4n) is 4.93. The largest absolute Gasteiger partial charge is 0.464 e. The number of halogens is 6. The van der Waals surface area contributed by atoms with E-state index in [4.69, 9.17) is 9.47 Å². The molecule has 0 saturated heterocycles. The molecule has 2 aromatic rings. The van der Waals surface area contributed by atoms with Crippen molar-refractivity contribution in [1.29, 1.82) is 0 Å². The zero-order valence-corrected chi connectivity index (χ0v) is 23.8. The standard InChI is InChI=1S/C30H27F6NO8/c1-3-42-25(39)27(41,29(31,32)33)16-21-22(24(38)44-17-18-10-6-5-7-11-18)37-15-14-19-12-8-9-13-20(19)23(37)45-28(21,30(34,35)36)26(40)43-4-2/h5-15,23,41H,3-4,16-17H2,1-2H3/t23-,27-,28+/m1/s1. The smallest absolute Gasteiger partial charge is 0.432 e. The number of aliphatic hydroxyl groups is 1. The van der Waals surface area contributed by atoms with Gasteiger partial charge in [0.25, 0.3) is 11.2 Å². The molecule has 0 spiro atoms. The summed E-state index contributed by atoms with van der Waals surface area (Å²) in [7, 11) is 0. The number of hydrogen-bond acceptors (Lipinski definition) is 9. The van der Waals surface area contributed by atoms with Gasteiger partial charge >= 0.3 is 30.3 Å². The van der Waals surface area contributed by atoms with Crippen LogP contribution in [0.2, 0.25) is 0 Å². The number of carbonyl (C=O) groups excluding carboxylic acids is 3. The predicted octanol–water partition coefficient (Wildman–Crippen LogP) is 5.11. The molecule has 1 N–H and O–H groups in total. The van der Waals surface area contributed by atoms with Crippen LogP contribution < -0.4 is 0 Å². The van der Waals surface area contributed by atoms with Crippen LogP contribution in [0.1, 0.15) is 43.2 Å². The van der Waals surface area contributed by atoms with Crippen LogP contribution in [0, 0.1) is 0 Å². The van der Waals surface area contributed by atoms with Gasteiger partial charge in [-0.15, -0.1) is 0 Å². The van der Waals surface area contributed by atoms with Crippen molar-refractivity contribution >= 4 is 24.0 Å². The summed E-state index contributed by atoms with van der Waals surface area (Å²) in [6.07, 6.45) is -13.7. The van der Waals surface area contributed by atoms with Gasteiger partial charge in [0.05, 0.1) is 13.2 Å². The molecule has 0 radical (unpaired) electrons. The fourth-order valence-corrected chi connectivity index (χ4v) is 4.93. The van der Waals surface area contributed by atoms with Gasteiger partial charge in [0, 0.05) is 23.8 Å². The lowest BCUT2D eigenvalue weighted by molar-refractivity contribution is -0.300. The summed E-state index contributed by atoms with van der Waals surface area (Å²) in [5.41, 5.74) is -11.5. The molecular formula is C30H27F6NO8. The van der Waals surface area contributed by atoms with E-state index in [1.807, 2.05) is 0 Å². The average molecular weight is 644 g/mol. The van der Waals surface area contributed by atoms with Crippen LogP contribution >= 0.6 is 0 Å². The molecule has 242 valence electrons. The van der Waals surface area contributed by atoms with Crippen molar-refractivity contribution in [3.63, 3.8) is 0 Å². The van der Waals surface area contributed by atoms with Crippen molar-refractivity contribution in [1.82, 2.24) is 4.90 Å². The zero-order chi connectivity index (χ0) is 33.2. The van der Waals surface area contributed by atoms with Gasteiger partial charge < -0.3 is 29.0 Å². The zero-order valence-electron chi connectivity index (χ0n) is 23.8. The van der Waals surface area contributed by atoms with Gasteiger partial charge in [-0.05, 0) is 31.1 Å². The first kappa shape index (κ1) is 33.5. The summed E-state index contributed by atoms with van der Waals surface area (Å²) in [6, 6.07) is 13.6. The molecule has 9 nitrogen and oxygen atoms in total. The highest BCUT2D eigenvalue weighted by Gasteiger charge is 2.73. The first-order valence-electron chi connectivity index (χ1n) is 13.5. The van der Waals surface area contributed by atoms with Crippen LogP contribution in [-0.4, -0.2) is 64.7 Å². The van der Waals surface area contributed by atoms with E-state index in [0.717, 1.165) is 24.9 Å². The van der Waals surface area contributed by atoms with Crippen LogP contribution in [0.15, 0.2) is 72.1 Å². The minimum Gasteiger partial charge on any atom is -0.464 e. The highest BCUT2D eigenvalue weighted by atomic mass is 19.4. The van der Waals surface area contributed by atoms with E-state index in [0.29, 0.717) is 11.1 Å². The van der Waals surface area contributed by atoms with E-state index >= 15 is 13.2 Å². The van der Waals surface area contributed by atoms with Crippen LogP contribution in [-0.2, 0) is 39.9 Å². The highest BCUT2D eigenvalue weighted by molar-refractivity contribution is 5.95. The van der Waals surface area contributed by atoms with Crippen molar-refractivity contribution in [2.75, 3.05) is 13.2 Å². The minimum absolute atomic E-state index is 0.00167. The summed E-state index contributed by atoms with van der Waals surface area (Å²) < 4.78 is 109. The Balaban J connectivity index is 2.06. The van der Waals surface area contributed by atoms with Gasteiger partial charge in [-0.2, -0.15) is 26.3 Å². The number of hydrogen-bond donors (Lipinski definition) is 1. The summed E-state index contributed by atoms with van der Waals surface area (Å²) in [5.74, 6) is -6.22. The molecule has 4 rings (SSSR count). The first-order chi connectivity index (χ1) is 21.1. The maximum Gasteiger partial charge on any atom is 0.432 e. The minimum atomic E-state index is -5.96. The van der Waals surface area contributed by atoms with E-state index in [1.165, 1.54) is 36.4 Å². The molecule has 2 aromatic carbocycles.